The number of hydrogen-bond donors (Lipinski definition) is 1. The van der Waals surface area contributed by atoms with Gasteiger partial charge in [0.15, 0.2) is 0 Å². The van der Waals surface area contributed by atoms with Gasteiger partial charge in [0.1, 0.15) is 5.82 Å². The highest BCUT2D eigenvalue weighted by atomic mass is 32.2. The van der Waals surface area contributed by atoms with E-state index in [9.17, 15) is 17.6 Å². The molecule has 0 bridgehead atoms. The maximum absolute atomic E-state index is 13.1. The van der Waals surface area contributed by atoms with Gasteiger partial charge in [0, 0.05) is 19.0 Å². The molecule has 1 heterocycles. The number of benzene rings is 2. The summed E-state index contributed by atoms with van der Waals surface area (Å²) in [5.41, 5.74) is 2.36. The lowest BCUT2D eigenvalue weighted by Crippen LogP contribution is -2.43. The number of nitrogens with one attached hydrogen (secondary N) is 1. The smallest absolute Gasteiger partial charge is 0.243 e. The second-order valence-electron chi connectivity index (χ2n) is 9.23. The molecule has 1 aliphatic heterocycles. The van der Waals surface area contributed by atoms with Crippen molar-refractivity contribution in [2.45, 2.75) is 56.9 Å². The highest BCUT2D eigenvalue weighted by Crippen LogP contribution is 2.26. The number of hydrogen-bond acceptors (Lipinski definition) is 3. The predicted molar refractivity (Wildman–Crippen MR) is 120 cm³/mol. The number of nitrogens with zero attached hydrogens (tertiary/aromatic N) is 1. The first kappa shape index (κ1) is 23.4. The fourth-order valence-corrected chi connectivity index (χ4v) is 5.27. The molecule has 1 saturated heterocycles. The van der Waals surface area contributed by atoms with Crippen molar-refractivity contribution >= 4 is 15.9 Å². The standard InChI is InChI=1S/C24H31FN2O3S/c1-17(18-5-7-20(8-6-18)24(2,3)4)26-23(28)19-13-15-27(16-14-19)31(29,30)22-11-9-21(25)10-12-22/h5-12,17,19H,13-16H2,1-4H3,(H,26,28). The minimum Gasteiger partial charge on any atom is -0.349 e. The van der Waals surface area contributed by atoms with Crippen molar-refractivity contribution in [2.24, 2.45) is 5.92 Å². The Morgan fingerprint density at radius 3 is 2.10 bits per heavy atom. The molecule has 7 heteroatoms. The molecule has 0 spiro atoms. The van der Waals surface area contributed by atoms with Crippen LogP contribution in [0.5, 0.6) is 0 Å². The van der Waals surface area contributed by atoms with Gasteiger partial charge in [-0.05, 0) is 60.6 Å². The minimum atomic E-state index is -3.68. The lowest BCUT2D eigenvalue weighted by molar-refractivity contribution is -0.126. The van der Waals surface area contributed by atoms with Crippen molar-refractivity contribution in [3.05, 3.63) is 65.5 Å². The number of rotatable bonds is 5. The molecule has 1 amide bonds. The molecule has 1 fully saturated rings. The van der Waals surface area contributed by atoms with E-state index in [1.54, 1.807) is 0 Å². The van der Waals surface area contributed by atoms with E-state index in [-0.39, 0.29) is 41.3 Å². The second-order valence-corrected chi connectivity index (χ2v) is 11.2. The summed E-state index contributed by atoms with van der Waals surface area (Å²) in [5, 5.41) is 3.07. The summed E-state index contributed by atoms with van der Waals surface area (Å²) in [6, 6.07) is 13.0. The summed E-state index contributed by atoms with van der Waals surface area (Å²) in [7, 11) is -3.68. The zero-order valence-electron chi connectivity index (χ0n) is 18.6. The average molecular weight is 447 g/mol. The maximum Gasteiger partial charge on any atom is 0.243 e. The Morgan fingerprint density at radius 1 is 1.03 bits per heavy atom. The molecule has 3 rings (SSSR count). The Morgan fingerprint density at radius 2 is 1.58 bits per heavy atom. The van der Waals surface area contributed by atoms with Crippen LogP contribution in [0.1, 0.15) is 57.7 Å². The largest absolute Gasteiger partial charge is 0.349 e. The normalized spacial score (nSPS) is 17.3. The van der Waals surface area contributed by atoms with Crippen molar-refractivity contribution in [2.75, 3.05) is 13.1 Å². The maximum atomic E-state index is 13.1. The number of carbonyl (C=O) groups is 1. The van der Waals surface area contributed by atoms with E-state index >= 15 is 0 Å². The topological polar surface area (TPSA) is 66.5 Å². The van der Waals surface area contributed by atoms with Crippen molar-refractivity contribution in [1.29, 1.82) is 0 Å². The Hall–Kier alpha value is -2.25. The molecule has 2 aromatic rings. The minimum absolute atomic E-state index is 0.0498. The molecule has 1 atom stereocenters. The number of carbonyl (C=O) groups excluding carboxylic acids is 1. The number of piperidine rings is 1. The molecule has 0 radical (unpaired) electrons. The molecule has 2 aromatic carbocycles. The van der Waals surface area contributed by atoms with Crippen molar-refractivity contribution in [3.8, 4) is 0 Å². The van der Waals surface area contributed by atoms with Crippen LogP contribution in [0.2, 0.25) is 0 Å². The van der Waals surface area contributed by atoms with E-state index in [0.717, 1.165) is 17.7 Å². The predicted octanol–water partition coefficient (Wildman–Crippen LogP) is 4.40. The van der Waals surface area contributed by atoms with E-state index in [0.29, 0.717) is 12.8 Å². The first-order chi connectivity index (χ1) is 14.5. The van der Waals surface area contributed by atoms with E-state index in [1.807, 2.05) is 19.1 Å². The molecule has 168 valence electrons. The van der Waals surface area contributed by atoms with E-state index in [4.69, 9.17) is 0 Å². The van der Waals surface area contributed by atoms with E-state index in [2.05, 4.69) is 38.2 Å². The molecular formula is C24H31FN2O3S. The number of halogens is 1. The third-order valence-corrected chi connectivity index (χ3v) is 7.82. The summed E-state index contributed by atoms with van der Waals surface area (Å²) in [6.45, 7) is 8.98. The van der Waals surface area contributed by atoms with E-state index < -0.39 is 15.8 Å². The highest BCUT2D eigenvalue weighted by molar-refractivity contribution is 7.89. The lowest BCUT2D eigenvalue weighted by Gasteiger charge is -2.31. The summed E-state index contributed by atoms with van der Waals surface area (Å²) in [5.74, 6) is -0.751. The summed E-state index contributed by atoms with van der Waals surface area (Å²) >= 11 is 0. The third kappa shape index (κ3) is 5.52. The quantitative estimate of drug-likeness (QED) is 0.740. The first-order valence-electron chi connectivity index (χ1n) is 10.6. The zero-order chi connectivity index (χ0) is 22.8. The molecule has 31 heavy (non-hydrogen) atoms. The van der Waals surface area contributed by atoms with Crippen LogP contribution in [0, 0.1) is 11.7 Å². The zero-order valence-corrected chi connectivity index (χ0v) is 19.4. The molecule has 1 N–H and O–H groups in total. The summed E-state index contributed by atoms with van der Waals surface area (Å²) < 4.78 is 40.0. The molecule has 0 aliphatic carbocycles. The molecule has 0 aromatic heterocycles. The number of amides is 1. The van der Waals surface area contributed by atoms with Crippen LogP contribution in [0.4, 0.5) is 4.39 Å². The van der Waals surface area contributed by atoms with Gasteiger partial charge in [0.2, 0.25) is 15.9 Å². The molecule has 1 unspecified atom stereocenters. The van der Waals surface area contributed by atoms with Gasteiger partial charge in [-0.25, -0.2) is 12.8 Å². The molecule has 0 saturated carbocycles. The summed E-state index contributed by atoms with van der Waals surface area (Å²) in [4.78, 5) is 12.8. The Labute approximate surface area is 184 Å². The van der Waals surface area contributed by atoms with Gasteiger partial charge in [0.05, 0.1) is 10.9 Å². The van der Waals surface area contributed by atoms with Crippen LogP contribution in [0.15, 0.2) is 53.4 Å². The van der Waals surface area contributed by atoms with Crippen LogP contribution in [-0.2, 0) is 20.2 Å². The van der Waals surface area contributed by atoms with Gasteiger partial charge in [-0.3, -0.25) is 4.79 Å². The molecule has 1 aliphatic rings. The Bertz CT molecular complexity index is 1000. The Kier molecular flexibility index (Phi) is 6.86. The van der Waals surface area contributed by atoms with Gasteiger partial charge in [-0.15, -0.1) is 0 Å². The van der Waals surface area contributed by atoms with Gasteiger partial charge >= 0.3 is 0 Å². The molecule has 5 nitrogen and oxygen atoms in total. The van der Waals surface area contributed by atoms with Crippen molar-refractivity contribution in [3.63, 3.8) is 0 Å². The fraction of sp³-hybridized carbons (Fsp3) is 0.458. The van der Waals surface area contributed by atoms with Crippen LogP contribution >= 0.6 is 0 Å². The van der Waals surface area contributed by atoms with Crippen LogP contribution in [0.25, 0.3) is 0 Å². The van der Waals surface area contributed by atoms with Crippen LogP contribution in [-0.4, -0.2) is 31.7 Å². The van der Waals surface area contributed by atoms with Crippen LogP contribution in [0.3, 0.4) is 0 Å². The Balaban J connectivity index is 1.57. The third-order valence-electron chi connectivity index (χ3n) is 5.91. The first-order valence-corrected chi connectivity index (χ1v) is 12.1. The monoisotopic (exact) mass is 446 g/mol. The van der Waals surface area contributed by atoms with Gasteiger partial charge < -0.3 is 5.32 Å². The number of sulfonamides is 1. The fourth-order valence-electron chi connectivity index (χ4n) is 3.80. The molecular weight excluding hydrogens is 415 g/mol. The van der Waals surface area contributed by atoms with Gasteiger partial charge in [0.25, 0.3) is 0 Å². The van der Waals surface area contributed by atoms with Crippen molar-refractivity contribution in [1.82, 2.24) is 9.62 Å². The van der Waals surface area contributed by atoms with Crippen molar-refractivity contribution < 1.29 is 17.6 Å². The van der Waals surface area contributed by atoms with Gasteiger partial charge in [-0.1, -0.05) is 45.0 Å². The summed E-state index contributed by atoms with van der Waals surface area (Å²) in [6.07, 6.45) is 0.921. The van der Waals surface area contributed by atoms with Crippen LogP contribution < -0.4 is 5.32 Å². The lowest BCUT2D eigenvalue weighted by atomic mass is 9.86. The SMILES string of the molecule is CC(NC(=O)C1CCN(S(=O)(=O)c2ccc(F)cc2)CC1)c1ccc(C(C)(C)C)cc1. The highest BCUT2D eigenvalue weighted by Gasteiger charge is 2.32. The van der Waals surface area contributed by atoms with Gasteiger partial charge in [-0.2, -0.15) is 4.31 Å². The second kappa shape index (κ2) is 9.09. The van der Waals surface area contributed by atoms with E-state index in [1.165, 1.54) is 22.0 Å². The average Bonchev–Trinajstić information content (AvgIpc) is 2.73.